The molecule has 0 unspecified atom stereocenters. The monoisotopic (exact) mass is 369 g/mol. The van der Waals surface area contributed by atoms with E-state index >= 15 is 0 Å². The fraction of sp³-hybridized carbons (Fsp3) is 0.769. The quantitative estimate of drug-likeness (QED) is 0.265. The van der Waals surface area contributed by atoms with Crippen LogP contribution in [0.4, 0.5) is 0 Å². The highest BCUT2D eigenvalue weighted by Crippen LogP contribution is 2.30. The summed E-state index contributed by atoms with van der Waals surface area (Å²) in [5, 5.41) is 2.49. The Kier molecular flexibility index (Phi) is 7.63. The van der Waals surface area contributed by atoms with Crippen LogP contribution in [0.25, 0.3) is 5.53 Å². The summed E-state index contributed by atoms with van der Waals surface area (Å²) in [5.41, 5.74) is 8.90. The molecule has 1 atom stereocenters. The van der Waals surface area contributed by atoms with E-state index < -0.39 is 21.7 Å². The molecule has 0 aliphatic heterocycles. The number of alkyl halides is 3. The number of esters is 1. The van der Waals surface area contributed by atoms with Gasteiger partial charge in [0.2, 0.25) is 0 Å². The predicted octanol–water partition coefficient (Wildman–Crippen LogP) is 2.66. The molecule has 6 nitrogen and oxygen atoms in total. The van der Waals surface area contributed by atoms with Crippen LogP contribution in [0.2, 0.25) is 0 Å². The van der Waals surface area contributed by atoms with Crippen molar-refractivity contribution >= 4 is 52.4 Å². The van der Waals surface area contributed by atoms with Crippen molar-refractivity contribution in [1.29, 1.82) is 0 Å². The van der Waals surface area contributed by atoms with Crippen molar-refractivity contribution in [1.82, 2.24) is 5.32 Å². The molecule has 0 aromatic heterocycles. The number of hydrogen-bond donors (Lipinski definition) is 1. The van der Waals surface area contributed by atoms with Crippen molar-refractivity contribution in [2.45, 2.75) is 48.9 Å². The van der Waals surface area contributed by atoms with Crippen molar-refractivity contribution in [3.8, 4) is 0 Å². The summed E-state index contributed by atoms with van der Waals surface area (Å²) in [4.78, 5) is 26.9. The van der Waals surface area contributed by atoms with E-state index in [1.807, 2.05) is 0 Å². The average molecular weight is 371 g/mol. The van der Waals surface area contributed by atoms with Crippen LogP contribution in [0, 0.1) is 5.92 Å². The number of halogens is 3. The maximum absolute atomic E-state index is 11.9. The van der Waals surface area contributed by atoms with Crippen LogP contribution in [0.5, 0.6) is 0 Å². The van der Waals surface area contributed by atoms with Crippen molar-refractivity contribution < 1.29 is 19.1 Å². The molecule has 0 heterocycles. The highest BCUT2D eigenvalue weighted by Gasteiger charge is 2.43. The van der Waals surface area contributed by atoms with E-state index in [0.717, 1.165) is 32.1 Å². The van der Waals surface area contributed by atoms with Crippen molar-refractivity contribution in [2.75, 3.05) is 6.61 Å². The Morgan fingerprint density at radius 2 is 1.91 bits per heavy atom. The number of amides is 1. The number of nitrogens with one attached hydrogen (secondary N) is 1. The molecule has 0 radical (unpaired) electrons. The third kappa shape index (κ3) is 5.43. The number of hydrogen-bond acceptors (Lipinski definition) is 3. The third-order valence-electron chi connectivity index (χ3n) is 3.55. The van der Waals surface area contributed by atoms with Gasteiger partial charge >= 0.3 is 11.7 Å². The van der Waals surface area contributed by atoms with E-state index in [-0.39, 0.29) is 18.2 Å². The lowest BCUT2D eigenvalue weighted by atomic mass is 9.82. The number of ether oxygens (including phenoxy) is 1. The standard InChI is InChI=1S/C13H18Cl3N3O3/c1-2-22-11(20)10(19-17)9(8-6-4-3-5-7-8)18-12(21)13(14,15)16/h8-9H,2-7H2,1H3,(H,18,21)/t9-/m0/s1. The minimum atomic E-state index is -2.16. The van der Waals surface area contributed by atoms with E-state index in [0.29, 0.717) is 0 Å². The molecular formula is C13H18Cl3N3O3. The molecule has 0 bridgehead atoms. The molecule has 0 aromatic rings. The third-order valence-corrected chi connectivity index (χ3v) is 4.07. The number of carbonyl (C=O) groups is 2. The number of carbonyl (C=O) groups excluding carboxylic acids is 2. The van der Waals surface area contributed by atoms with Gasteiger partial charge < -0.3 is 15.6 Å². The van der Waals surface area contributed by atoms with Gasteiger partial charge in [-0.2, -0.15) is 4.79 Å². The number of nitrogens with zero attached hydrogens (tertiary/aromatic N) is 2. The first-order valence-electron chi connectivity index (χ1n) is 7.08. The molecule has 0 aromatic carbocycles. The Labute approximate surface area is 144 Å². The van der Waals surface area contributed by atoms with Crippen molar-refractivity contribution in [2.24, 2.45) is 5.92 Å². The molecule has 0 spiro atoms. The molecule has 1 aliphatic carbocycles. The Bertz CT molecular complexity index is 467. The Hall–Kier alpha value is -0.810. The van der Waals surface area contributed by atoms with Gasteiger partial charge in [-0.05, 0) is 25.7 Å². The summed E-state index contributed by atoms with van der Waals surface area (Å²) in [7, 11) is 0. The first kappa shape index (κ1) is 19.2. The lowest BCUT2D eigenvalue weighted by Crippen LogP contribution is -2.52. The van der Waals surface area contributed by atoms with Gasteiger partial charge in [-0.1, -0.05) is 54.1 Å². The first-order valence-corrected chi connectivity index (χ1v) is 8.21. The van der Waals surface area contributed by atoms with Gasteiger partial charge in [0.05, 0.1) is 6.61 Å². The summed E-state index contributed by atoms with van der Waals surface area (Å²) in [6.07, 6.45) is 4.51. The molecule has 1 rings (SSSR count). The van der Waals surface area contributed by atoms with Crippen LogP contribution < -0.4 is 5.32 Å². The number of rotatable bonds is 5. The first-order chi connectivity index (χ1) is 10.3. The zero-order valence-electron chi connectivity index (χ0n) is 12.2. The highest BCUT2D eigenvalue weighted by molar-refractivity contribution is 6.76. The summed E-state index contributed by atoms with van der Waals surface area (Å²) >= 11 is 16.7. The minimum Gasteiger partial charge on any atom is -0.457 e. The maximum Gasteiger partial charge on any atom is 0.419 e. The second-order valence-corrected chi connectivity index (χ2v) is 7.33. The summed E-state index contributed by atoms with van der Waals surface area (Å²) in [6, 6.07) is -0.854. The second kappa shape index (κ2) is 8.73. The van der Waals surface area contributed by atoms with Crippen LogP contribution in [-0.2, 0) is 14.3 Å². The SMILES string of the molecule is CCOC(=O)C(=[N+]=[N-])[C@@H](NC(=O)C(Cl)(Cl)Cl)C1CCCCC1. The van der Waals surface area contributed by atoms with Crippen LogP contribution in [0.3, 0.4) is 0 Å². The zero-order valence-corrected chi connectivity index (χ0v) is 14.4. The van der Waals surface area contributed by atoms with Gasteiger partial charge in [-0.3, -0.25) is 4.79 Å². The molecule has 0 saturated heterocycles. The smallest absolute Gasteiger partial charge is 0.419 e. The normalized spacial score (nSPS) is 17.3. The molecule has 124 valence electrons. The fourth-order valence-corrected chi connectivity index (χ4v) is 2.70. The average Bonchev–Trinajstić information content (AvgIpc) is 2.47. The zero-order chi connectivity index (χ0) is 16.8. The molecule has 1 N–H and O–H groups in total. The molecule has 1 saturated carbocycles. The van der Waals surface area contributed by atoms with Crippen molar-refractivity contribution in [3.63, 3.8) is 0 Å². The second-order valence-electron chi connectivity index (χ2n) is 5.05. The van der Waals surface area contributed by atoms with Gasteiger partial charge in [-0.15, -0.1) is 0 Å². The van der Waals surface area contributed by atoms with Crippen LogP contribution in [0.1, 0.15) is 39.0 Å². The molecule has 1 amide bonds. The summed E-state index contributed by atoms with van der Waals surface area (Å²) < 4.78 is 2.69. The van der Waals surface area contributed by atoms with E-state index in [1.165, 1.54) is 0 Å². The van der Waals surface area contributed by atoms with Gasteiger partial charge in [0.1, 0.15) is 6.04 Å². The lowest BCUT2D eigenvalue weighted by Gasteiger charge is -2.28. The van der Waals surface area contributed by atoms with Crippen molar-refractivity contribution in [3.05, 3.63) is 5.53 Å². The summed E-state index contributed by atoms with van der Waals surface area (Å²) in [6.45, 7) is 1.75. The topological polar surface area (TPSA) is 91.8 Å². The minimum absolute atomic E-state index is 0.0830. The Morgan fingerprint density at radius 1 is 1.32 bits per heavy atom. The molecule has 9 heteroatoms. The summed E-state index contributed by atoms with van der Waals surface area (Å²) in [5.74, 6) is -1.76. The predicted molar refractivity (Wildman–Crippen MR) is 84.1 cm³/mol. The maximum atomic E-state index is 11.9. The largest absolute Gasteiger partial charge is 0.457 e. The van der Waals surface area contributed by atoms with E-state index in [4.69, 9.17) is 39.5 Å². The van der Waals surface area contributed by atoms with E-state index in [9.17, 15) is 15.1 Å². The van der Waals surface area contributed by atoms with Crippen LogP contribution in [0.15, 0.2) is 0 Å². The van der Waals surface area contributed by atoms with Gasteiger partial charge in [0.25, 0.3) is 9.70 Å². The molecule has 22 heavy (non-hydrogen) atoms. The lowest BCUT2D eigenvalue weighted by molar-refractivity contribution is -0.140. The van der Waals surface area contributed by atoms with E-state index in [1.54, 1.807) is 6.92 Å². The van der Waals surface area contributed by atoms with Gasteiger partial charge in [0.15, 0.2) is 0 Å². The Balaban J connectivity index is 3.01. The molecular weight excluding hydrogens is 353 g/mol. The van der Waals surface area contributed by atoms with Crippen LogP contribution >= 0.6 is 34.8 Å². The van der Waals surface area contributed by atoms with Gasteiger partial charge in [0, 0.05) is 0 Å². The van der Waals surface area contributed by atoms with Gasteiger partial charge in [-0.25, -0.2) is 4.79 Å². The van der Waals surface area contributed by atoms with Crippen LogP contribution in [-0.4, -0.2) is 38.8 Å². The highest BCUT2D eigenvalue weighted by atomic mass is 35.6. The molecule has 1 aliphatic rings. The Morgan fingerprint density at radius 3 is 2.36 bits per heavy atom. The molecule has 1 fully saturated rings. The fourth-order valence-electron chi connectivity index (χ4n) is 2.54. The van der Waals surface area contributed by atoms with E-state index in [2.05, 4.69) is 10.1 Å².